The van der Waals surface area contributed by atoms with Crippen molar-refractivity contribution in [2.24, 2.45) is 0 Å². The third-order valence-electron chi connectivity index (χ3n) is 6.08. The molecule has 3 aromatic carbocycles. The molecule has 4 aromatic rings. The molecule has 7 nitrogen and oxygen atoms in total. The van der Waals surface area contributed by atoms with Gasteiger partial charge in [0, 0.05) is 17.0 Å². The maximum Gasteiger partial charge on any atom is 0.338 e. The number of carbonyl (C=O) groups is 3. The molecule has 0 spiro atoms. The van der Waals surface area contributed by atoms with E-state index < -0.39 is 29.2 Å². The second-order valence-corrected chi connectivity index (χ2v) is 8.23. The lowest BCUT2D eigenvalue weighted by Crippen LogP contribution is -2.29. The van der Waals surface area contributed by atoms with Crippen molar-refractivity contribution >= 4 is 34.4 Å². The zero-order valence-electron chi connectivity index (χ0n) is 18.8. The van der Waals surface area contributed by atoms with Gasteiger partial charge in [-0.1, -0.05) is 12.1 Å². The van der Waals surface area contributed by atoms with Gasteiger partial charge < -0.3 is 9.15 Å². The first-order valence-corrected chi connectivity index (χ1v) is 10.7. The van der Waals surface area contributed by atoms with Crippen LogP contribution in [0.2, 0.25) is 0 Å². The van der Waals surface area contributed by atoms with Gasteiger partial charge in [-0.2, -0.15) is 0 Å². The smallest absolute Gasteiger partial charge is 0.338 e. The first-order chi connectivity index (χ1) is 16.7. The number of halogens is 1. The Hall–Kier alpha value is -4.59. The van der Waals surface area contributed by atoms with Gasteiger partial charge in [-0.25, -0.2) is 18.9 Å². The second-order valence-electron chi connectivity index (χ2n) is 8.23. The molecule has 0 saturated heterocycles. The zero-order chi connectivity index (χ0) is 24.9. The highest BCUT2D eigenvalue weighted by atomic mass is 19.1. The van der Waals surface area contributed by atoms with Crippen LogP contribution in [0.3, 0.4) is 0 Å². The lowest BCUT2D eigenvalue weighted by Gasteiger charge is -2.13. The maximum absolute atomic E-state index is 13.3. The number of hydrogen-bond acceptors (Lipinski definition) is 6. The van der Waals surface area contributed by atoms with Gasteiger partial charge in [0.1, 0.15) is 18.0 Å². The molecule has 1 aliphatic heterocycles. The van der Waals surface area contributed by atoms with Crippen molar-refractivity contribution in [3.05, 3.63) is 110 Å². The molecule has 0 atom stereocenters. The number of aryl methyl sites for hydroxylation is 2. The molecule has 0 fully saturated rings. The average Bonchev–Trinajstić information content (AvgIpc) is 3.10. The molecule has 5 rings (SSSR count). The van der Waals surface area contributed by atoms with E-state index in [9.17, 15) is 23.6 Å². The Morgan fingerprint density at radius 2 is 1.63 bits per heavy atom. The van der Waals surface area contributed by atoms with Gasteiger partial charge in [-0.05, 0) is 67.4 Å². The molecule has 1 aliphatic rings. The molecule has 0 aliphatic carbocycles. The van der Waals surface area contributed by atoms with Gasteiger partial charge in [0.2, 0.25) is 0 Å². The van der Waals surface area contributed by atoms with Crippen molar-refractivity contribution in [2.75, 3.05) is 4.90 Å². The number of fused-ring (bicyclic) bond motifs is 2. The highest BCUT2D eigenvalue weighted by Crippen LogP contribution is 2.30. The van der Waals surface area contributed by atoms with Crippen molar-refractivity contribution in [2.45, 2.75) is 20.5 Å². The van der Waals surface area contributed by atoms with E-state index in [0.29, 0.717) is 16.5 Å². The summed E-state index contributed by atoms with van der Waals surface area (Å²) in [7, 11) is 0. The van der Waals surface area contributed by atoms with Crippen molar-refractivity contribution in [1.82, 2.24) is 0 Å². The molecule has 1 aromatic heterocycles. The minimum Gasteiger partial charge on any atom is -0.457 e. The molecule has 174 valence electrons. The van der Waals surface area contributed by atoms with Crippen molar-refractivity contribution < 1.29 is 27.9 Å². The van der Waals surface area contributed by atoms with Gasteiger partial charge >= 0.3 is 11.6 Å². The molecule has 0 radical (unpaired) electrons. The van der Waals surface area contributed by atoms with E-state index in [2.05, 4.69) is 0 Å². The summed E-state index contributed by atoms with van der Waals surface area (Å²) in [5.41, 5.74) is 2.63. The largest absolute Gasteiger partial charge is 0.457 e. The fourth-order valence-electron chi connectivity index (χ4n) is 4.06. The number of imide groups is 1. The molecule has 0 bridgehead atoms. The van der Waals surface area contributed by atoms with E-state index in [1.165, 1.54) is 36.4 Å². The maximum atomic E-state index is 13.3. The highest BCUT2D eigenvalue weighted by Gasteiger charge is 2.37. The van der Waals surface area contributed by atoms with Gasteiger partial charge in [0.25, 0.3) is 11.8 Å². The topological polar surface area (TPSA) is 93.9 Å². The molecule has 35 heavy (non-hydrogen) atoms. The van der Waals surface area contributed by atoms with Gasteiger partial charge in [-0.3, -0.25) is 9.59 Å². The summed E-state index contributed by atoms with van der Waals surface area (Å²) < 4.78 is 24.0. The lowest BCUT2D eigenvalue weighted by atomic mass is 10.0. The number of amides is 2. The number of carbonyl (C=O) groups excluding carboxylic acids is 3. The molecule has 0 N–H and O–H groups in total. The Morgan fingerprint density at radius 1 is 0.914 bits per heavy atom. The van der Waals surface area contributed by atoms with E-state index in [-0.39, 0.29) is 29.0 Å². The van der Waals surface area contributed by atoms with Crippen LogP contribution in [0.15, 0.2) is 69.9 Å². The SMILES string of the molecule is Cc1ccc2c(COC(=O)c3ccc4c(c3)C(=O)N(c3ccc(F)cc3)C4=O)cc(=O)oc2c1C. The van der Waals surface area contributed by atoms with E-state index in [1.54, 1.807) is 6.07 Å². The van der Waals surface area contributed by atoms with E-state index in [1.807, 2.05) is 19.9 Å². The van der Waals surface area contributed by atoms with E-state index in [0.717, 1.165) is 28.2 Å². The Bertz CT molecular complexity index is 1600. The summed E-state index contributed by atoms with van der Waals surface area (Å²) in [6.07, 6.45) is 0. The summed E-state index contributed by atoms with van der Waals surface area (Å²) in [6, 6.07) is 14.0. The molecule has 0 unspecified atom stereocenters. The van der Waals surface area contributed by atoms with Crippen LogP contribution in [0.4, 0.5) is 10.1 Å². The summed E-state index contributed by atoms with van der Waals surface area (Å²) in [6.45, 7) is 3.56. The Kier molecular flexibility index (Phi) is 5.28. The molecular formula is C27H18FNO6. The number of nitrogens with zero attached hydrogens (tertiary/aromatic N) is 1. The number of ether oxygens (including phenoxy) is 1. The number of hydrogen-bond donors (Lipinski definition) is 0. The first-order valence-electron chi connectivity index (χ1n) is 10.7. The van der Waals surface area contributed by atoms with Crippen molar-refractivity contribution in [3.63, 3.8) is 0 Å². The van der Waals surface area contributed by atoms with Gasteiger partial charge in [-0.15, -0.1) is 0 Å². The van der Waals surface area contributed by atoms with Crippen molar-refractivity contribution in [3.8, 4) is 0 Å². The molecule has 2 heterocycles. The molecular weight excluding hydrogens is 453 g/mol. The first kappa shape index (κ1) is 22.2. The lowest BCUT2D eigenvalue weighted by molar-refractivity contribution is 0.0473. The number of benzene rings is 3. The second kappa shape index (κ2) is 8.32. The molecule has 0 saturated carbocycles. The van der Waals surface area contributed by atoms with Gasteiger partial charge in [0.05, 0.1) is 22.4 Å². The third kappa shape index (κ3) is 3.78. The van der Waals surface area contributed by atoms with Crippen molar-refractivity contribution in [1.29, 1.82) is 0 Å². The summed E-state index contributed by atoms with van der Waals surface area (Å²) in [5, 5.41) is 0.658. The highest BCUT2D eigenvalue weighted by molar-refractivity contribution is 6.34. The zero-order valence-corrected chi connectivity index (χ0v) is 18.8. The number of esters is 1. The van der Waals surface area contributed by atoms with Crippen LogP contribution in [-0.4, -0.2) is 17.8 Å². The van der Waals surface area contributed by atoms with Gasteiger partial charge in [0.15, 0.2) is 0 Å². The normalized spacial score (nSPS) is 12.8. The minimum absolute atomic E-state index is 0.0469. The van der Waals surface area contributed by atoms with Crippen LogP contribution >= 0.6 is 0 Å². The Morgan fingerprint density at radius 3 is 2.37 bits per heavy atom. The van der Waals surface area contributed by atoms with Crippen LogP contribution < -0.4 is 10.5 Å². The van der Waals surface area contributed by atoms with Crippen LogP contribution in [0, 0.1) is 19.7 Å². The van der Waals surface area contributed by atoms with E-state index >= 15 is 0 Å². The predicted octanol–water partition coefficient (Wildman–Crippen LogP) is 4.71. The summed E-state index contributed by atoms with van der Waals surface area (Å²) in [4.78, 5) is 51.4. The summed E-state index contributed by atoms with van der Waals surface area (Å²) >= 11 is 0. The minimum atomic E-state index is -0.724. The Labute approximate surface area is 198 Å². The van der Waals surface area contributed by atoms with Crippen LogP contribution in [-0.2, 0) is 11.3 Å². The van der Waals surface area contributed by atoms with Crippen LogP contribution in [0.25, 0.3) is 11.0 Å². The van der Waals surface area contributed by atoms with Crippen LogP contribution in [0.1, 0.15) is 47.8 Å². The van der Waals surface area contributed by atoms with E-state index in [4.69, 9.17) is 9.15 Å². The fourth-order valence-corrected chi connectivity index (χ4v) is 4.06. The average molecular weight is 471 g/mol. The predicted molar refractivity (Wildman–Crippen MR) is 125 cm³/mol. The number of anilines is 1. The number of rotatable bonds is 4. The fraction of sp³-hybridized carbons (Fsp3) is 0.111. The molecule has 8 heteroatoms. The van der Waals surface area contributed by atoms with Crippen LogP contribution in [0.5, 0.6) is 0 Å². The third-order valence-corrected chi connectivity index (χ3v) is 6.08. The standard InChI is InChI=1S/C27H18FNO6/c1-14-3-9-20-17(12-23(30)35-24(20)15(14)2)13-34-27(33)16-4-10-21-22(11-16)26(32)29(25(21)31)19-7-5-18(28)6-8-19/h3-12H,13H2,1-2H3. The quantitative estimate of drug-likeness (QED) is 0.243. The monoisotopic (exact) mass is 471 g/mol. The Balaban J connectivity index is 1.40. The summed E-state index contributed by atoms with van der Waals surface area (Å²) in [5.74, 6) is -2.41. The molecule has 2 amide bonds.